The minimum absolute atomic E-state index is 0.202. The van der Waals surface area contributed by atoms with Crippen molar-refractivity contribution in [3.8, 4) is 0 Å². The molecule has 2 amide bonds. The van der Waals surface area contributed by atoms with Crippen LogP contribution >= 0.6 is 0 Å². The van der Waals surface area contributed by atoms with Gasteiger partial charge in [0.1, 0.15) is 11.2 Å². The summed E-state index contributed by atoms with van der Waals surface area (Å²) in [5, 5.41) is 0. The molecule has 138 valence electrons. The number of hydrogen-bond acceptors (Lipinski definition) is 6. The van der Waals surface area contributed by atoms with Crippen molar-refractivity contribution in [3.63, 3.8) is 0 Å². The summed E-state index contributed by atoms with van der Waals surface area (Å²) in [7, 11) is 0. The van der Waals surface area contributed by atoms with Gasteiger partial charge in [-0.1, -0.05) is 0 Å². The summed E-state index contributed by atoms with van der Waals surface area (Å²) in [6.45, 7) is 13.6. The molecule has 0 saturated carbocycles. The number of amides is 2. The van der Waals surface area contributed by atoms with E-state index >= 15 is 0 Å². The maximum Gasteiger partial charge on any atom is 0.410 e. The third-order valence-corrected chi connectivity index (χ3v) is 3.56. The molecule has 2 fully saturated rings. The number of carbonyl (C=O) groups excluding carboxylic acids is 2. The first-order valence-electron chi connectivity index (χ1n) is 8.40. The first kappa shape index (κ1) is 18.8. The molecule has 8 nitrogen and oxygen atoms in total. The van der Waals surface area contributed by atoms with Gasteiger partial charge >= 0.3 is 12.2 Å². The molecule has 2 rings (SSSR count). The third kappa shape index (κ3) is 5.52. The van der Waals surface area contributed by atoms with Crippen LogP contribution in [0.5, 0.6) is 0 Å². The number of carbonyl (C=O) groups is 2. The highest BCUT2D eigenvalue weighted by Crippen LogP contribution is 2.16. The molecule has 0 bridgehead atoms. The fourth-order valence-corrected chi connectivity index (χ4v) is 2.33. The highest BCUT2D eigenvalue weighted by Gasteiger charge is 2.36. The minimum atomic E-state index is -0.467. The third-order valence-electron chi connectivity index (χ3n) is 3.56. The zero-order chi connectivity index (χ0) is 18.1. The highest BCUT2D eigenvalue weighted by atomic mass is 16.6. The SMILES string of the molecule is CC(C)(C)OC(=O)N1CC(NNC2CN(C(=O)OC(C)(C)C)C2)C1. The number of rotatable bonds is 3. The van der Waals surface area contributed by atoms with Crippen LogP contribution < -0.4 is 10.9 Å². The molecule has 0 spiro atoms. The summed E-state index contributed by atoms with van der Waals surface area (Å²) in [5.41, 5.74) is 5.46. The van der Waals surface area contributed by atoms with Gasteiger partial charge < -0.3 is 19.3 Å². The van der Waals surface area contributed by atoms with Gasteiger partial charge in [-0.2, -0.15) is 0 Å². The number of hydrogen-bond donors (Lipinski definition) is 2. The van der Waals surface area contributed by atoms with Gasteiger partial charge in [0.15, 0.2) is 0 Å². The van der Waals surface area contributed by atoms with Gasteiger partial charge in [0.25, 0.3) is 0 Å². The van der Waals surface area contributed by atoms with Crippen LogP contribution in [0.15, 0.2) is 0 Å². The van der Waals surface area contributed by atoms with Crippen molar-refractivity contribution in [2.75, 3.05) is 26.2 Å². The molecule has 8 heteroatoms. The highest BCUT2D eigenvalue weighted by molar-refractivity contribution is 5.69. The Morgan fingerprint density at radius 3 is 1.29 bits per heavy atom. The quantitative estimate of drug-likeness (QED) is 0.753. The van der Waals surface area contributed by atoms with Gasteiger partial charge in [0, 0.05) is 26.2 Å². The normalized spacial score (nSPS) is 19.6. The monoisotopic (exact) mass is 342 g/mol. The molecular weight excluding hydrogens is 312 g/mol. The molecule has 2 aliphatic heterocycles. The van der Waals surface area contributed by atoms with Crippen molar-refractivity contribution in [1.82, 2.24) is 20.7 Å². The smallest absolute Gasteiger partial charge is 0.410 e. The zero-order valence-corrected chi connectivity index (χ0v) is 15.5. The first-order valence-corrected chi connectivity index (χ1v) is 8.40. The molecule has 0 radical (unpaired) electrons. The molecule has 0 aromatic rings. The first-order chi connectivity index (χ1) is 10.9. The van der Waals surface area contributed by atoms with E-state index in [4.69, 9.17) is 9.47 Å². The second-order valence-corrected chi connectivity index (χ2v) is 8.45. The number of nitrogens with one attached hydrogen (secondary N) is 2. The van der Waals surface area contributed by atoms with Crippen LogP contribution in [0.25, 0.3) is 0 Å². The van der Waals surface area contributed by atoms with E-state index in [1.807, 2.05) is 41.5 Å². The molecule has 0 unspecified atom stereocenters. The molecule has 0 atom stereocenters. The standard InChI is InChI=1S/C16H30N4O4/c1-15(2,3)23-13(21)19-7-11(8-19)17-18-12-9-20(10-12)14(22)24-16(4,5)6/h11-12,17-18H,7-10H2,1-6H3. The van der Waals surface area contributed by atoms with Crippen molar-refractivity contribution in [3.05, 3.63) is 0 Å². The number of ether oxygens (including phenoxy) is 2. The maximum absolute atomic E-state index is 11.8. The van der Waals surface area contributed by atoms with Gasteiger partial charge in [0.05, 0.1) is 12.1 Å². The van der Waals surface area contributed by atoms with Gasteiger partial charge in [-0.15, -0.1) is 0 Å². The average Bonchev–Trinajstić information content (AvgIpc) is 2.23. The molecule has 0 aromatic heterocycles. The van der Waals surface area contributed by atoms with Crippen LogP contribution in [0.1, 0.15) is 41.5 Å². The minimum Gasteiger partial charge on any atom is -0.444 e. The Hall–Kier alpha value is -1.54. The Bertz CT molecular complexity index is 427. The van der Waals surface area contributed by atoms with Crippen LogP contribution in [0.3, 0.4) is 0 Å². The summed E-state index contributed by atoms with van der Waals surface area (Å²) < 4.78 is 10.6. The van der Waals surface area contributed by atoms with E-state index in [0.29, 0.717) is 26.2 Å². The van der Waals surface area contributed by atoms with Gasteiger partial charge in [-0.3, -0.25) is 10.9 Å². The Morgan fingerprint density at radius 1 is 0.750 bits per heavy atom. The Balaban J connectivity index is 1.56. The topological polar surface area (TPSA) is 83.1 Å². The van der Waals surface area contributed by atoms with E-state index in [-0.39, 0.29) is 24.3 Å². The molecule has 0 aliphatic carbocycles. The lowest BCUT2D eigenvalue weighted by Crippen LogP contribution is -2.69. The van der Waals surface area contributed by atoms with Crippen molar-refractivity contribution in [2.24, 2.45) is 0 Å². The van der Waals surface area contributed by atoms with Crippen molar-refractivity contribution in [2.45, 2.75) is 64.8 Å². The van der Waals surface area contributed by atoms with Crippen LogP contribution in [0.4, 0.5) is 9.59 Å². The predicted molar refractivity (Wildman–Crippen MR) is 89.5 cm³/mol. The van der Waals surface area contributed by atoms with Crippen molar-refractivity contribution >= 4 is 12.2 Å². The summed E-state index contributed by atoms with van der Waals surface area (Å²) in [6.07, 6.45) is -0.555. The molecular formula is C16H30N4O4. The van der Waals surface area contributed by atoms with Crippen molar-refractivity contribution < 1.29 is 19.1 Å². The van der Waals surface area contributed by atoms with Gasteiger partial charge in [-0.25, -0.2) is 9.59 Å². The zero-order valence-electron chi connectivity index (χ0n) is 15.5. The Kier molecular flexibility index (Phi) is 5.29. The van der Waals surface area contributed by atoms with E-state index in [2.05, 4.69) is 10.9 Å². The van der Waals surface area contributed by atoms with E-state index < -0.39 is 11.2 Å². The lowest BCUT2D eigenvalue weighted by molar-refractivity contribution is -0.00567. The molecule has 0 aromatic carbocycles. The van der Waals surface area contributed by atoms with E-state index in [9.17, 15) is 9.59 Å². The average molecular weight is 342 g/mol. The second-order valence-electron chi connectivity index (χ2n) is 8.45. The van der Waals surface area contributed by atoms with Crippen LogP contribution in [-0.2, 0) is 9.47 Å². The largest absolute Gasteiger partial charge is 0.444 e. The van der Waals surface area contributed by atoms with Crippen LogP contribution in [0.2, 0.25) is 0 Å². The molecule has 2 heterocycles. The summed E-state index contributed by atoms with van der Waals surface area (Å²) >= 11 is 0. The van der Waals surface area contributed by atoms with E-state index in [1.165, 1.54) is 0 Å². The predicted octanol–water partition coefficient (Wildman–Crippen LogP) is 1.32. The van der Waals surface area contributed by atoms with E-state index in [0.717, 1.165) is 0 Å². The lowest BCUT2D eigenvalue weighted by atomic mass is 10.1. The second kappa shape index (κ2) is 6.76. The number of likely N-dealkylation sites (tertiary alicyclic amines) is 2. The fourth-order valence-electron chi connectivity index (χ4n) is 2.33. The summed E-state index contributed by atoms with van der Waals surface area (Å²) in [4.78, 5) is 27.0. The Labute approximate surface area is 143 Å². The molecule has 2 saturated heterocycles. The Morgan fingerprint density at radius 2 is 1.04 bits per heavy atom. The van der Waals surface area contributed by atoms with Crippen LogP contribution in [-0.4, -0.2) is 71.5 Å². The van der Waals surface area contributed by atoms with Crippen LogP contribution in [0, 0.1) is 0 Å². The number of hydrazine groups is 1. The van der Waals surface area contributed by atoms with Gasteiger partial charge in [0.2, 0.25) is 0 Å². The van der Waals surface area contributed by atoms with Crippen molar-refractivity contribution in [1.29, 1.82) is 0 Å². The number of nitrogens with zero attached hydrogens (tertiary/aromatic N) is 2. The van der Waals surface area contributed by atoms with Gasteiger partial charge in [-0.05, 0) is 41.5 Å². The summed E-state index contributed by atoms with van der Waals surface area (Å²) in [6, 6.07) is 0.404. The fraction of sp³-hybridized carbons (Fsp3) is 0.875. The molecule has 2 aliphatic rings. The lowest BCUT2D eigenvalue weighted by Gasteiger charge is -2.44. The molecule has 24 heavy (non-hydrogen) atoms. The maximum atomic E-state index is 11.8. The van der Waals surface area contributed by atoms with E-state index in [1.54, 1.807) is 9.80 Å². The summed E-state index contributed by atoms with van der Waals surface area (Å²) in [5.74, 6) is 0. The molecule has 2 N–H and O–H groups in total.